The molecular weight excluding hydrogens is 228 g/mol. The van der Waals surface area contributed by atoms with Crippen LogP contribution in [-0.4, -0.2) is 5.88 Å². The van der Waals surface area contributed by atoms with E-state index in [2.05, 4.69) is 11.8 Å². The van der Waals surface area contributed by atoms with Crippen molar-refractivity contribution in [1.29, 1.82) is 0 Å². The van der Waals surface area contributed by atoms with Crippen LogP contribution in [0.1, 0.15) is 5.56 Å². The Hall–Kier alpha value is -0.550. The number of alkyl halides is 1. The molecule has 0 spiro atoms. The maximum absolute atomic E-state index is 5.86. The van der Waals surface area contributed by atoms with Crippen molar-refractivity contribution in [2.75, 3.05) is 11.6 Å². The molecule has 0 aliphatic rings. The van der Waals surface area contributed by atoms with E-state index in [-0.39, 0.29) is 5.88 Å². The van der Waals surface area contributed by atoms with Gasteiger partial charge >= 0.3 is 0 Å². The summed E-state index contributed by atoms with van der Waals surface area (Å²) < 4.78 is 0. The van der Waals surface area contributed by atoms with Gasteiger partial charge in [0.15, 0.2) is 0 Å². The summed E-state index contributed by atoms with van der Waals surface area (Å²) in [7, 11) is 0. The molecule has 0 saturated carbocycles. The maximum atomic E-state index is 5.86. The van der Waals surface area contributed by atoms with E-state index in [9.17, 15) is 0 Å². The van der Waals surface area contributed by atoms with Crippen molar-refractivity contribution in [3.63, 3.8) is 0 Å². The lowest BCUT2D eigenvalue weighted by Gasteiger charge is -2.00. The normalized spacial score (nSPS) is 9.15. The van der Waals surface area contributed by atoms with Gasteiger partial charge in [-0.2, -0.15) is 0 Å². The molecule has 1 rings (SSSR count). The Morgan fingerprint density at radius 2 is 1.77 bits per heavy atom. The van der Waals surface area contributed by atoms with Crippen molar-refractivity contribution in [2.24, 2.45) is 0 Å². The van der Waals surface area contributed by atoms with Gasteiger partial charge in [0, 0.05) is 5.69 Å². The van der Waals surface area contributed by atoms with Crippen molar-refractivity contribution in [3.8, 4) is 11.8 Å². The van der Waals surface area contributed by atoms with Gasteiger partial charge in [0.25, 0.3) is 0 Å². The summed E-state index contributed by atoms with van der Waals surface area (Å²) in [5.74, 6) is 5.68. The summed E-state index contributed by atoms with van der Waals surface area (Å²) >= 11 is 17.1. The predicted molar refractivity (Wildman–Crippen MR) is 58.5 cm³/mol. The van der Waals surface area contributed by atoms with Gasteiger partial charge in [-0.25, -0.2) is 0 Å². The smallest absolute Gasteiger partial charge is 0.0839 e. The maximum Gasteiger partial charge on any atom is 0.0839 e. The summed E-state index contributed by atoms with van der Waals surface area (Å²) in [5.41, 5.74) is 6.60. The van der Waals surface area contributed by atoms with Crippen LogP contribution in [0.2, 0.25) is 10.0 Å². The van der Waals surface area contributed by atoms with Gasteiger partial charge in [-0.3, -0.25) is 0 Å². The van der Waals surface area contributed by atoms with Crippen LogP contribution >= 0.6 is 34.8 Å². The topological polar surface area (TPSA) is 26.0 Å². The highest BCUT2D eigenvalue weighted by molar-refractivity contribution is 6.37. The molecule has 13 heavy (non-hydrogen) atoms. The lowest BCUT2D eigenvalue weighted by Crippen LogP contribution is -1.87. The largest absolute Gasteiger partial charge is 0.399 e. The molecule has 2 N–H and O–H groups in total. The fraction of sp³-hybridized carbons (Fsp3) is 0.111. The van der Waals surface area contributed by atoms with E-state index >= 15 is 0 Å². The molecule has 0 atom stereocenters. The van der Waals surface area contributed by atoms with Crippen LogP contribution in [0.5, 0.6) is 0 Å². The molecule has 0 aromatic heterocycles. The van der Waals surface area contributed by atoms with E-state index in [0.29, 0.717) is 21.3 Å². The van der Waals surface area contributed by atoms with Gasteiger partial charge in [0.2, 0.25) is 0 Å². The molecular formula is C9H6Cl3N. The second-order valence-electron chi connectivity index (χ2n) is 2.29. The number of hydrogen-bond acceptors (Lipinski definition) is 1. The molecule has 1 aromatic carbocycles. The first-order valence-electron chi connectivity index (χ1n) is 3.44. The molecule has 1 nitrogen and oxygen atoms in total. The van der Waals surface area contributed by atoms with Crippen molar-refractivity contribution in [2.45, 2.75) is 0 Å². The highest BCUT2D eigenvalue weighted by Crippen LogP contribution is 2.26. The average Bonchev–Trinajstić information content (AvgIpc) is 2.02. The van der Waals surface area contributed by atoms with Crippen LogP contribution in [0.15, 0.2) is 12.1 Å². The van der Waals surface area contributed by atoms with Crippen LogP contribution < -0.4 is 5.73 Å². The van der Waals surface area contributed by atoms with Gasteiger partial charge < -0.3 is 5.73 Å². The van der Waals surface area contributed by atoms with Crippen LogP contribution in [0, 0.1) is 11.8 Å². The number of rotatable bonds is 0. The molecule has 0 amide bonds. The monoisotopic (exact) mass is 233 g/mol. The molecule has 0 fully saturated rings. The van der Waals surface area contributed by atoms with Gasteiger partial charge in [-0.15, -0.1) is 11.6 Å². The molecule has 0 aliphatic heterocycles. The standard InChI is InChI=1S/C9H6Cl3N/c10-3-1-2-7-8(11)4-6(13)5-9(7)12/h4-5H,3,13H2. The Kier molecular flexibility index (Phi) is 3.74. The van der Waals surface area contributed by atoms with Crippen LogP contribution in [-0.2, 0) is 0 Å². The van der Waals surface area contributed by atoms with E-state index < -0.39 is 0 Å². The SMILES string of the molecule is Nc1cc(Cl)c(C#CCCl)c(Cl)c1. The zero-order chi connectivity index (χ0) is 9.84. The number of halogens is 3. The molecule has 0 bridgehead atoms. The molecule has 0 unspecified atom stereocenters. The summed E-state index contributed by atoms with van der Waals surface area (Å²) in [6, 6.07) is 3.21. The summed E-state index contributed by atoms with van der Waals surface area (Å²) in [5, 5.41) is 0.894. The van der Waals surface area contributed by atoms with Crippen molar-refractivity contribution >= 4 is 40.5 Å². The zero-order valence-corrected chi connectivity index (χ0v) is 8.84. The van der Waals surface area contributed by atoms with Gasteiger partial charge in [0.1, 0.15) is 0 Å². The predicted octanol–water partition coefficient (Wildman–Crippen LogP) is 3.17. The van der Waals surface area contributed by atoms with Gasteiger partial charge in [0.05, 0.1) is 21.5 Å². The lowest BCUT2D eigenvalue weighted by atomic mass is 10.2. The molecule has 0 saturated heterocycles. The third kappa shape index (κ3) is 2.70. The van der Waals surface area contributed by atoms with E-state index in [1.807, 2.05) is 0 Å². The van der Waals surface area contributed by atoms with E-state index in [4.69, 9.17) is 40.5 Å². The molecule has 0 radical (unpaired) electrons. The second kappa shape index (κ2) is 4.62. The van der Waals surface area contributed by atoms with Crippen LogP contribution in [0.3, 0.4) is 0 Å². The minimum absolute atomic E-state index is 0.247. The third-order valence-electron chi connectivity index (χ3n) is 1.34. The second-order valence-corrected chi connectivity index (χ2v) is 3.38. The Morgan fingerprint density at radius 1 is 1.23 bits per heavy atom. The fourth-order valence-electron chi connectivity index (χ4n) is 0.834. The molecule has 68 valence electrons. The van der Waals surface area contributed by atoms with E-state index in [0.717, 1.165) is 0 Å². The first kappa shape index (κ1) is 10.5. The third-order valence-corrected chi connectivity index (χ3v) is 2.07. The number of anilines is 1. The summed E-state index contributed by atoms with van der Waals surface area (Å²) in [6.07, 6.45) is 0. The van der Waals surface area contributed by atoms with Crippen LogP contribution in [0.4, 0.5) is 5.69 Å². The molecule has 0 heterocycles. The van der Waals surface area contributed by atoms with E-state index in [1.54, 1.807) is 12.1 Å². The highest BCUT2D eigenvalue weighted by atomic mass is 35.5. The van der Waals surface area contributed by atoms with Crippen molar-refractivity contribution in [1.82, 2.24) is 0 Å². The Balaban J connectivity index is 3.21. The van der Waals surface area contributed by atoms with Crippen molar-refractivity contribution < 1.29 is 0 Å². The number of benzene rings is 1. The molecule has 4 heteroatoms. The average molecular weight is 235 g/mol. The number of hydrogen-bond donors (Lipinski definition) is 1. The molecule has 0 aliphatic carbocycles. The summed E-state index contributed by atoms with van der Waals surface area (Å²) in [6.45, 7) is 0. The molecule has 1 aromatic rings. The van der Waals surface area contributed by atoms with Crippen LogP contribution in [0.25, 0.3) is 0 Å². The van der Waals surface area contributed by atoms with Gasteiger partial charge in [-0.1, -0.05) is 35.0 Å². The van der Waals surface area contributed by atoms with Gasteiger partial charge in [-0.05, 0) is 12.1 Å². The first-order chi connectivity index (χ1) is 6.15. The van der Waals surface area contributed by atoms with Crippen molar-refractivity contribution in [3.05, 3.63) is 27.7 Å². The zero-order valence-electron chi connectivity index (χ0n) is 6.57. The van der Waals surface area contributed by atoms with E-state index in [1.165, 1.54) is 0 Å². The Bertz CT molecular complexity index is 353. The number of nitrogen functional groups attached to an aromatic ring is 1. The first-order valence-corrected chi connectivity index (χ1v) is 4.73. The fourth-order valence-corrected chi connectivity index (χ4v) is 1.50. The lowest BCUT2D eigenvalue weighted by molar-refractivity contribution is 1.62. The Morgan fingerprint density at radius 3 is 2.23 bits per heavy atom. The number of nitrogens with two attached hydrogens (primary N) is 1. The minimum Gasteiger partial charge on any atom is -0.399 e. The Labute approximate surface area is 91.8 Å². The highest BCUT2D eigenvalue weighted by Gasteiger charge is 2.03. The minimum atomic E-state index is 0.247. The summed E-state index contributed by atoms with van der Waals surface area (Å²) in [4.78, 5) is 0. The quantitative estimate of drug-likeness (QED) is 0.416.